The summed E-state index contributed by atoms with van der Waals surface area (Å²) in [6.07, 6.45) is 10.2. The van der Waals surface area contributed by atoms with Crippen molar-refractivity contribution in [1.29, 1.82) is 0 Å². The summed E-state index contributed by atoms with van der Waals surface area (Å²) in [7, 11) is 1.87. The minimum absolute atomic E-state index is 0.0306. The third-order valence-corrected chi connectivity index (χ3v) is 11.5. The van der Waals surface area contributed by atoms with Gasteiger partial charge in [0.2, 0.25) is 11.8 Å². The predicted molar refractivity (Wildman–Crippen MR) is 254 cm³/mol. The number of hydrogen-bond acceptors (Lipinski definition) is 8. The Morgan fingerprint density at radius 1 is 0.905 bits per heavy atom. The second-order valence-electron chi connectivity index (χ2n) is 16.3. The fourth-order valence-electron chi connectivity index (χ4n) is 8.30. The van der Waals surface area contributed by atoms with E-state index in [0.29, 0.717) is 49.5 Å². The van der Waals surface area contributed by atoms with Gasteiger partial charge in [-0.3, -0.25) is 14.9 Å². The molecular weight excluding hydrogens is 793 g/mol. The van der Waals surface area contributed by atoms with Gasteiger partial charge in [-0.15, -0.1) is 6.58 Å². The minimum atomic E-state index is -1.05. The van der Waals surface area contributed by atoms with Gasteiger partial charge >= 0.3 is 6.09 Å². The van der Waals surface area contributed by atoms with E-state index in [2.05, 4.69) is 39.3 Å². The van der Waals surface area contributed by atoms with Gasteiger partial charge in [0, 0.05) is 81.7 Å². The normalized spacial score (nSPS) is 16.5. The van der Waals surface area contributed by atoms with Crippen LogP contribution >= 0.6 is 0 Å². The Morgan fingerprint density at radius 2 is 1.59 bits per heavy atom. The lowest BCUT2D eigenvalue weighted by Gasteiger charge is -2.22. The summed E-state index contributed by atoms with van der Waals surface area (Å²) in [5.41, 5.74) is 6.95. The third kappa shape index (κ3) is 14.7. The van der Waals surface area contributed by atoms with Crippen molar-refractivity contribution in [2.24, 2.45) is 11.8 Å². The molecule has 12 heteroatoms. The summed E-state index contributed by atoms with van der Waals surface area (Å²) in [6.45, 7) is 13.9. The quantitative estimate of drug-likeness (QED) is 0.0330. The summed E-state index contributed by atoms with van der Waals surface area (Å²) >= 11 is 0. The third-order valence-electron chi connectivity index (χ3n) is 11.5. The van der Waals surface area contributed by atoms with Crippen molar-refractivity contribution in [3.05, 3.63) is 139 Å². The summed E-state index contributed by atoms with van der Waals surface area (Å²) in [6, 6.07) is 28.0. The highest BCUT2D eigenvalue weighted by Gasteiger charge is 2.35. The number of aliphatic hydroxyl groups is 1. The average Bonchev–Trinajstić information content (AvgIpc) is 3.89. The number of rotatable bonds is 16. The number of carboxylic acid groups (broad SMARTS) is 1. The molecule has 0 radical (unpaired) electrons. The summed E-state index contributed by atoms with van der Waals surface area (Å²) in [5.74, 6) is 1.99. The van der Waals surface area contributed by atoms with Crippen LogP contribution in [0.15, 0.2) is 122 Å². The molecule has 1 saturated carbocycles. The topological polar surface area (TPSA) is 166 Å². The first-order chi connectivity index (χ1) is 30.4. The molecule has 3 unspecified atom stereocenters. The standard InChI is InChI=1S/C35H47N5O4.C13H11NO2.C3H6/c1-24-9-14-30-29(15-16-31(41)35(30)37-24)32(42)21-36-20-25-10-12-28(13-11-25)38-33(43)8-3-4-18-39(2)34(44)17-19-40-22-26-6-5-7-27(26)23-40;15-13(16)14-12-9-5-4-8-11(12)10-6-2-1-3-7-10;1-3-2/h9-16,26-27,32,36-37,41-42H,1,3-8,17-23H2,2H3,(H,38,43);1-9,14H,(H,15,16);3H,1H2,2H3. The van der Waals surface area contributed by atoms with Crippen LogP contribution in [0.5, 0.6) is 5.75 Å². The van der Waals surface area contributed by atoms with Gasteiger partial charge < -0.3 is 41.1 Å². The van der Waals surface area contributed by atoms with Crippen LogP contribution in [0.25, 0.3) is 17.2 Å². The number of phenols is 1. The van der Waals surface area contributed by atoms with Crippen molar-refractivity contribution in [3.8, 4) is 16.9 Å². The predicted octanol–water partition coefficient (Wildman–Crippen LogP) is 9.49. The Balaban J connectivity index is 0.000000326. The molecule has 334 valence electrons. The van der Waals surface area contributed by atoms with Gasteiger partial charge in [0.1, 0.15) is 5.75 Å². The SMILES string of the molecule is C=C1C=Cc2c(C(O)CNCc3ccc(NC(=O)CCCCN(C)C(=O)CCN4CC5CCCC5C4)cc3)ccc(O)c2N1.C=CC.O=C(O)Nc1ccccc1-c1ccccc1. The van der Waals surface area contributed by atoms with Gasteiger partial charge in [0.15, 0.2) is 0 Å². The minimum Gasteiger partial charge on any atom is -0.506 e. The molecule has 4 aromatic carbocycles. The second-order valence-corrected chi connectivity index (χ2v) is 16.3. The van der Waals surface area contributed by atoms with E-state index in [4.69, 9.17) is 5.11 Å². The first kappa shape index (κ1) is 47.8. The first-order valence-corrected chi connectivity index (χ1v) is 21.9. The number of nitrogens with zero attached hydrogens (tertiary/aromatic N) is 2. The zero-order chi connectivity index (χ0) is 45.1. The van der Waals surface area contributed by atoms with Crippen LogP contribution in [0.4, 0.5) is 21.9 Å². The lowest BCUT2D eigenvalue weighted by atomic mass is 9.97. The van der Waals surface area contributed by atoms with Crippen LogP contribution in [0.1, 0.15) is 74.7 Å². The summed E-state index contributed by atoms with van der Waals surface area (Å²) in [5, 5.41) is 41.4. The molecule has 1 saturated heterocycles. The van der Waals surface area contributed by atoms with E-state index >= 15 is 0 Å². The number of carbonyl (C=O) groups is 3. The number of fused-ring (bicyclic) bond motifs is 2. The van der Waals surface area contributed by atoms with E-state index in [1.54, 1.807) is 30.3 Å². The molecule has 4 aromatic rings. The Labute approximate surface area is 372 Å². The lowest BCUT2D eigenvalue weighted by molar-refractivity contribution is -0.130. The number of anilines is 3. The van der Waals surface area contributed by atoms with Crippen LogP contribution < -0.4 is 21.3 Å². The Bertz CT molecular complexity index is 2160. The van der Waals surface area contributed by atoms with Crippen molar-refractivity contribution in [2.75, 3.05) is 55.7 Å². The second kappa shape index (κ2) is 24.4. The van der Waals surface area contributed by atoms with Gasteiger partial charge in [-0.05, 0) is 91.5 Å². The van der Waals surface area contributed by atoms with E-state index in [1.807, 2.05) is 97.8 Å². The molecule has 3 amide bonds. The Hall–Kier alpha value is -6.21. The maximum atomic E-state index is 12.6. The number of para-hydroxylation sites is 1. The molecule has 0 spiro atoms. The first-order valence-electron chi connectivity index (χ1n) is 21.9. The molecule has 0 aromatic heterocycles. The molecular formula is C51H64N6O6. The van der Waals surface area contributed by atoms with Crippen LogP contribution in [0.2, 0.25) is 0 Å². The lowest BCUT2D eigenvalue weighted by Crippen LogP contribution is -2.32. The number of allylic oxidation sites excluding steroid dienone is 2. The largest absolute Gasteiger partial charge is 0.506 e. The van der Waals surface area contributed by atoms with Gasteiger partial charge in [-0.25, -0.2) is 4.79 Å². The smallest absolute Gasteiger partial charge is 0.409 e. The van der Waals surface area contributed by atoms with E-state index in [9.17, 15) is 24.6 Å². The molecule has 7 N–H and O–H groups in total. The molecule has 2 fully saturated rings. The number of aromatic hydroxyl groups is 1. The number of nitrogens with one attached hydrogen (secondary N) is 4. The summed E-state index contributed by atoms with van der Waals surface area (Å²) < 4.78 is 0. The van der Waals surface area contributed by atoms with Crippen molar-refractivity contribution in [2.45, 2.75) is 64.5 Å². The molecule has 3 aliphatic rings. The van der Waals surface area contributed by atoms with Crippen LogP contribution in [-0.2, 0) is 16.1 Å². The zero-order valence-electron chi connectivity index (χ0n) is 36.7. The number of unbranched alkanes of at least 4 members (excludes halogenated alkanes) is 1. The maximum absolute atomic E-state index is 12.6. The summed E-state index contributed by atoms with van der Waals surface area (Å²) in [4.78, 5) is 40.0. The highest BCUT2D eigenvalue weighted by Crippen LogP contribution is 2.38. The molecule has 3 atom stereocenters. The Morgan fingerprint density at radius 3 is 2.29 bits per heavy atom. The van der Waals surface area contributed by atoms with E-state index in [1.165, 1.54) is 19.3 Å². The van der Waals surface area contributed by atoms with Crippen molar-refractivity contribution in [1.82, 2.24) is 15.1 Å². The fraction of sp³-hybridized carbons (Fsp3) is 0.353. The number of hydrogen-bond donors (Lipinski definition) is 7. The van der Waals surface area contributed by atoms with E-state index in [-0.39, 0.29) is 17.6 Å². The van der Waals surface area contributed by atoms with Gasteiger partial charge in [-0.1, -0.05) is 91.9 Å². The van der Waals surface area contributed by atoms with Crippen LogP contribution in [0, 0.1) is 11.8 Å². The van der Waals surface area contributed by atoms with Gasteiger partial charge in [0.25, 0.3) is 0 Å². The maximum Gasteiger partial charge on any atom is 0.409 e. The molecule has 2 heterocycles. The number of phenolic OH excluding ortho intramolecular Hbond substituents is 1. The number of likely N-dealkylation sites (tertiary alicyclic amines) is 1. The van der Waals surface area contributed by atoms with Crippen LogP contribution in [-0.4, -0.2) is 82.8 Å². The van der Waals surface area contributed by atoms with Crippen LogP contribution in [0.3, 0.4) is 0 Å². The highest BCUT2D eigenvalue weighted by molar-refractivity contribution is 5.91. The monoisotopic (exact) mass is 856 g/mol. The number of aliphatic hydroxyl groups excluding tert-OH is 1. The molecule has 1 aliphatic carbocycles. The number of amides is 3. The number of carbonyl (C=O) groups excluding carboxylic acids is 2. The van der Waals surface area contributed by atoms with E-state index in [0.717, 1.165) is 77.8 Å². The molecule has 2 aliphatic heterocycles. The van der Waals surface area contributed by atoms with Gasteiger partial charge in [0.05, 0.1) is 17.5 Å². The molecule has 63 heavy (non-hydrogen) atoms. The average molecular weight is 857 g/mol. The number of benzene rings is 4. The highest BCUT2D eigenvalue weighted by atomic mass is 16.4. The van der Waals surface area contributed by atoms with Crippen molar-refractivity contribution >= 4 is 41.0 Å². The molecule has 7 rings (SSSR count). The fourth-order valence-corrected chi connectivity index (χ4v) is 8.30. The molecule has 12 nitrogen and oxygen atoms in total. The van der Waals surface area contributed by atoms with E-state index < -0.39 is 12.2 Å². The van der Waals surface area contributed by atoms with Gasteiger partial charge in [-0.2, -0.15) is 0 Å². The molecule has 0 bridgehead atoms. The van der Waals surface area contributed by atoms with Crippen molar-refractivity contribution in [3.63, 3.8) is 0 Å². The van der Waals surface area contributed by atoms with Crippen molar-refractivity contribution < 1.29 is 29.7 Å². The zero-order valence-corrected chi connectivity index (χ0v) is 36.7. The Kier molecular flexibility index (Phi) is 18.6.